The van der Waals surface area contributed by atoms with Crippen molar-refractivity contribution in [3.8, 4) is 0 Å². The number of nitrogens with two attached hydrogens (primary N) is 1. The van der Waals surface area contributed by atoms with Crippen LogP contribution < -0.4 is 5.73 Å². The fourth-order valence-corrected chi connectivity index (χ4v) is 1.95. The Morgan fingerprint density at radius 2 is 2.00 bits per heavy atom. The first kappa shape index (κ1) is 17.6. The number of nitrogens with zero attached hydrogens (tertiary/aromatic N) is 1. The lowest BCUT2D eigenvalue weighted by Gasteiger charge is -2.29. The molecule has 0 fully saturated rings. The Hall–Kier alpha value is -0.350. The lowest BCUT2D eigenvalue weighted by Crippen LogP contribution is -2.36. The Bertz CT molecular complexity index is 383. The molecule has 1 aromatic rings. The van der Waals surface area contributed by atoms with Gasteiger partial charge in [-0.25, -0.2) is 4.39 Å². The van der Waals surface area contributed by atoms with E-state index in [9.17, 15) is 4.39 Å². The highest BCUT2D eigenvalue weighted by Gasteiger charge is 2.18. The van der Waals surface area contributed by atoms with Crippen molar-refractivity contribution in [2.75, 3.05) is 20.1 Å². The minimum Gasteiger partial charge on any atom is -0.330 e. The maximum atomic E-state index is 13.6. The molecule has 0 atom stereocenters. The number of rotatable bonds is 5. The molecule has 2 N–H and O–H groups in total. The van der Waals surface area contributed by atoms with Gasteiger partial charge in [-0.1, -0.05) is 31.5 Å². The Morgan fingerprint density at radius 3 is 2.50 bits per heavy atom. The standard InChI is InChI=1S/C13H20ClFN2.ClH/c1-13(2,8-16)9-17(3)7-10-4-5-11(14)6-12(10)15;/h4-6H,7-9,16H2,1-3H3;1H. The van der Waals surface area contributed by atoms with E-state index in [2.05, 4.69) is 18.7 Å². The second-order valence-electron chi connectivity index (χ2n) is 5.28. The Morgan fingerprint density at radius 1 is 1.39 bits per heavy atom. The number of hydrogen-bond donors (Lipinski definition) is 1. The first-order valence-electron chi connectivity index (χ1n) is 5.66. The minimum atomic E-state index is -0.255. The molecule has 0 saturated heterocycles. The van der Waals surface area contributed by atoms with Crippen molar-refractivity contribution in [1.82, 2.24) is 4.90 Å². The monoisotopic (exact) mass is 294 g/mol. The van der Waals surface area contributed by atoms with Gasteiger partial charge in [0.15, 0.2) is 0 Å². The first-order valence-corrected chi connectivity index (χ1v) is 6.04. The van der Waals surface area contributed by atoms with Crippen LogP contribution in [0.4, 0.5) is 4.39 Å². The summed E-state index contributed by atoms with van der Waals surface area (Å²) in [7, 11) is 1.96. The largest absolute Gasteiger partial charge is 0.330 e. The van der Waals surface area contributed by atoms with E-state index < -0.39 is 0 Å². The molecule has 0 radical (unpaired) electrons. The molecule has 0 saturated carbocycles. The molecule has 1 rings (SSSR count). The van der Waals surface area contributed by atoms with Gasteiger partial charge in [-0.05, 0) is 31.1 Å². The van der Waals surface area contributed by atoms with E-state index in [1.807, 2.05) is 7.05 Å². The van der Waals surface area contributed by atoms with Crippen LogP contribution in [0.1, 0.15) is 19.4 Å². The molecule has 5 heteroatoms. The van der Waals surface area contributed by atoms with Crippen LogP contribution in [-0.4, -0.2) is 25.0 Å². The van der Waals surface area contributed by atoms with Gasteiger partial charge in [-0.2, -0.15) is 0 Å². The predicted molar refractivity (Wildman–Crippen MR) is 77.8 cm³/mol. The van der Waals surface area contributed by atoms with Crippen LogP contribution in [0.3, 0.4) is 0 Å². The maximum absolute atomic E-state index is 13.6. The van der Waals surface area contributed by atoms with Crippen molar-refractivity contribution in [3.05, 3.63) is 34.6 Å². The topological polar surface area (TPSA) is 29.3 Å². The zero-order chi connectivity index (χ0) is 13.1. The molecule has 0 bridgehead atoms. The molecule has 1 aromatic carbocycles. The van der Waals surface area contributed by atoms with E-state index in [0.717, 1.165) is 6.54 Å². The molecular weight excluding hydrogens is 274 g/mol. The van der Waals surface area contributed by atoms with Gasteiger partial charge in [0.25, 0.3) is 0 Å². The molecule has 0 aliphatic heterocycles. The molecule has 18 heavy (non-hydrogen) atoms. The molecule has 0 aliphatic carbocycles. The van der Waals surface area contributed by atoms with Crippen molar-refractivity contribution in [2.24, 2.45) is 11.1 Å². The second-order valence-corrected chi connectivity index (χ2v) is 5.71. The van der Waals surface area contributed by atoms with Gasteiger partial charge < -0.3 is 10.6 Å². The van der Waals surface area contributed by atoms with Crippen LogP contribution in [0.5, 0.6) is 0 Å². The molecule has 104 valence electrons. The summed E-state index contributed by atoms with van der Waals surface area (Å²) in [5.74, 6) is -0.255. The average Bonchev–Trinajstić information content (AvgIpc) is 2.21. The number of halogens is 3. The summed E-state index contributed by atoms with van der Waals surface area (Å²) in [6.45, 7) is 6.20. The van der Waals surface area contributed by atoms with E-state index in [-0.39, 0.29) is 23.6 Å². The highest BCUT2D eigenvalue weighted by Crippen LogP contribution is 2.19. The van der Waals surface area contributed by atoms with Crippen molar-refractivity contribution in [1.29, 1.82) is 0 Å². The van der Waals surface area contributed by atoms with Crippen LogP contribution in [-0.2, 0) is 6.54 Å². The highest BCUT2D eigenvalue weighted by molar-refractivity contribution is 6.30. The Kier molecular flexibility index (Phi) is 7.15. The fraction of sp³-hybridized carbons (Fsp3) is 0.538. The third-order valence-electron chi connectivity index (χ3n) is 2.71. The van der Waals surface area contributed by atoms with Gasteiger partial charge in [0.1, 0.15) is 5.82 Å². The van der Waals surface area contributed by atoms with Crippen LogP contribution in [0.15, 0.2) is 18.2 Å². The van der Waals surface area contributed by atoms with E-state index in [1.165, 1.54) is 6.07 Å². The Labute approximate surface area is 120 Å². The van der Waals surface area contributed by atoms with Crippen LogP contribution >= 0.6 is 24.0 Å². The van der Waals surface area contributed by atoms with Crippen LogP contribution in [0.25, 0.3) is 0 Å². The lowest BCUT2D eigenvalue weighted by atomic mass is 9.93. The quantitative estimate of drug-likeness (QED) is 0.903. The molecule has 0 aliphatic rings. The summed E-state index contributed by atoms with van der Waals surface area (Å²) in [5, 5.41) is 0.427. The SMILES string of the molecule is CN(Cc1ccc(Cl)cc1F)CC(C)(C)CN.Cl. The van der Waals surface area contributed by atoms with E-state index in [0.29, 0.717) is 23.7 Å². The second kappa shape index (κ2) is 7.29. The van der Waals surface area contributed by atoms with Gasteiger partial charge >= 0.3 is 0 Å². The van der Waals surface area contributed by atoms with E-state index in [4.69, 9.17) is 17.3 Å². The van der Waals surface area contributed by atoms with Crippen molar-refractivity contribution in [2.45, 2.75) is 20.4 Å². The summed E-state index contributed by atoms with van der Waals surface area (Å²) in [5.41, 5.74) is 6.38. The molecule has 0 heterocycles. The maximum Gasteiger partial charge on any atom is 0.129 e. The zero-order valence-corrected chi connectivity index (χ0v) is 12.6. The molecule has 0 aromatic heterocycles. The Balaban J connectivity index is 0.00000289. The smallest absolute Gasteiger partial charge is 0.129 e. The fourth-order valence-electron chi connectivity index (χ4n) is 1.79. The third kappa shape index (κ3) is 5.53. The molecular formula is C13H21Cl2FN2. The summed E-state index contributed by atoms with van der Waals surface area (Å²) in [6.07, 6.45) is 0. The molecule has 0 spiro atoms. The average molecular weight is 295 g/mol. The third-order valence-corrected chi connectivity index (χ3v) is 2.94. The first-order chi connectivity index (χ1) is 7.84. The number of benzene rings is 1. The molecule has 2 nitrogen and oxygen atoms in total. The van der Waals surface area contributed by atoms with Crippen molar-refractivity contribution in [3.63, 3.8) is 0 Å². The van der Waals surface area contributed by atoms with Crippen molar-refractivity contribution < 1.29 is 4.39 Å². The van der Waals surface area contributed by atoms with Crippen LogP contribution in [0, 0.1) is 11.2 Å². The summed E-state index contributed by atoms with van der Waals surface area (Å²) < 4.78 is 13.6. The summed E-state index contributed by atoms with van der Waals surface area (Å²) >= 11 is 5.71. The van der Waals surface area contributed by atoms with E-state index in [1.54, 1.807) is 12.1 Å². The van der Waals surface area contributed by atoms with Gasteiger partial charge in [0.05, 0.1) is 0 Å². The minimum absolute atomic E-state index is 0. The predicted octanol–water partition coefficient (Wildman–Crippen LogP) is 3.32. The normalized spacial score (nSPS) is 11.5. The van der Waals surface area contributed by atoms with Gasteiger partial charge in [-0.15, -0.1) is 12.4 Å². The lowest BCUT2D eigenvalue weighted by molar-refractivity contribution is 0.208. The molecule has 0 unspecified atom stereocenters. The van der Waals surface area contributed by atoms with Gasteiger partial charge in [0.2, 0.25) is 0 Å². The number of hydrogen-bond acceptors (Lipinski definition) is 2. The van der Waals surface area contributed by atoms with Gasteiger partial charge in [-0.3, -0.25) is 0 Å². The summed E-state index contributed by atoms with van der Waals surface area (Å²) in [6, 6.07) is 4.78. The molecule has 0 amide bonds. The van der Waals surface area contributed by atoms with E-state index >= 15 is 0 Å². The van der Waals surface area contributed by atoms with Crippen molar-refractivity contribution >= 4 is 24.0 Å². The van der Waals surface area contributed by atoms with Gasteiger partial charge in [0, 0.05) is 23.7 Å². The van der Waals surface area contributed by atoms with Crippen LogP contribution in [0.2, 0.25) is 5.02 Å². The highest BCUT2D eigenvalue weighted by atomic mass is 35.5. The zero-order valence-electron chi connectivity index (χ0n) is 11.0. The summed E-state index contributed by atoms with van der Waals surface area (Å²) in [4.78, 5) is 2.07.